The number of benzene rings is 1. The van der Waals surface area contributed by atoms with E-state index in [-0.39, 0.29) is 5.97 Å². The average Bonchev–Trinajstić information content (AvgIpc) is 2.38. The second kappa shape index (κ2) is 4.87. The third-order valence-corrected chi connectivity index (χ3v) is 2.70. The number of rotatable bonds is 2. The number of pyridine rings is 1. The standard InChI is InChI=1S/C14H14N2O2/c1-9-12(6-7-13(15)16-9)10-4-3-5-11(8-10)14(17)18-2/h3-8H,1-2H3,(H2,15,16). The van der Waals surface area contributed by atoms with E-state index in [0.29, 0.717) is 11.4 Å². The number of nitrogen functional groups attached to an aromatic ring is 1. The molecular formula is C14H14N2O2. The van der Waals surface area contributed by atoms with Crippen molar-refractivity contribution in [3.63, 3.8) is 0 Å². The van der Waals surface area contributed by atoms with E-state index in [4.69, 9.17) is 10.5 Å². The smallest absolute Gasteiger partial charge is 0.337 e. The Hall–Kier alpha value is -2.36. The summed E-state index contributed by atoms with van der Waals surface area (Å²) in [7, 11) is 1.37. The van der Waals surface area contributed by atoms with Crippen LogP contribution in [-0.2, 0) is 4.74 Å². The molecule has 0 atom stereocenters. The van der Waals surface area contributed by atoms with Crippen LogP contribution in [0.15, 0.2) is 36.4 Å². The highest BCUT2D eigenvalue weighted by Gasteiger charge is 2.08. The van der Waals surface area contributed by atoms with Crippen molar-refractivity contribution >= 4 is 11.8 Å². The Kier molecular flexibility index (Phi) is 3.28. The molecule has 0 bridgehead atoms. The number of hydrogen-bond donors (Lipinski definition) is 1. The molecule has 0 saturated heterocycles. The third kappa shape index (κ3) is 2.32. The molecule has 0 aliphatic heterocycles. The Balaban J connectivity index is 2.48. The van der Waals surface area contributed by atoms with Crippen molar-refractivity contribution in [3.8, 4) is 11.1 Å². The summed E-state index contributed by atoms with van der Waals surface area (Å²) in [6, 6.07) is 10.9. The molecule has 2 N–H and O–H groups in total. The molecule has 0 unspecified atom stereocenters. The van der Waals surface area contributed by atoms with Gasteiger partial charge in [0.2, 0.25) is 0 Å². The van der Waals surface area contributed by atoms with Gasteiger partial charge in [0.1, 0.15) is 5.82 Å². The molecule has 0 radical (unpaired) electrons. The van der Waals surface area contributed by atoms with Crippen molar-refractivity contribution in [2.45, 2.75) is 6.92 Å². The summed E-state index contributed by atoms with van der Waals surface area (Å²) < 4.78 is 4.70. The van der Waals surface area contributed by atoms with Crippen molar-refractivity contribution in [1.82, 2.24) is 4.98 Å². The quantitative estimate of drug-likeness (QED) is 0.821. The normalized spacial score (nSPS) is 10.1. The number of nitrogens with two attached hydrogens (primary N) is 1. The molecule has 1 heterocycles. The van der Waals surface area contributed by atoms with Crippen LogP contribution < -0.4 is 5.73 Å². The second-order valence-corrected chi connectivity index (χ2v) is 3.94. The van der Waals surface area contributed by atoms with Crippen LogP contribution in [0.3, 0.4) is 0 Å². The topological polar surface area (TPSA) is 65.2 Å². The molecule has 1 aromatic heterocycles. The van der Waals surface area contributed by atoms with E-state index in [2.05, 4.69) is 4.98 Å². The van der Waals surface area contributed by atoms with Gasteiger partial charge in [-0.05, 0) is 36.8 Å². The van der Waals surface area contributed by atoms with E-state index in [1.807, 2.05) is 25.1 Å². The maximum Gasteiger partial charge on any atom is 0.337 e. The summed E-state index contributed by atoms with van der Waals surface area (Å²) in [6.45, 7) is 1.89. The van der Waals surface area contributed by atoms with E-state index in [1.165, 1.54) is 7.11 Å². The van der Waals surface area contributed by atoms with E-state index in [9.17, 15) is 4.79 Å². The average molecular weight is 242 g/mol. The molecule has 2 rings (SSSR count). The largest absolute Gasteiger partial charge is 0.465 e. The van der Waals surface area contributed by atoms with Crippen LogP contribution in [0.25, 0.3) is 11.1 Å². The van der Waals surface area contributed by atoms with E-state index >= 15 is 0 Å². The molecule has 92 valence electrons. The minimum atomic E-state index is -0.349. The molecule has 4 heteroatoms. The maximum absolute atomic E-state index is 11.5. The zero-order valence-corrected chi connectivity index (χ0v) is 10.3. The first-order valence-electron chi connectivity index (χ1n) is 5.53. The van der Waals surface area contributed by atoms with E-state index in [0.717, 1.165) is 16.8 Å². The number of aromatic nitrogens is 1. The number of nitrogens with zero attached hydrogens (tertiary/aromatic N) is 1. The number of hydrogen-bond acceptors (Lipinski definition) is 4. The van der Waals surface area contributed by atoms with Crippen LogP contribution in [0.5, 0.6) is 0 Å². The van der Waals surface area contributed by atoms with E-state index < -0.39 is 0 Å². The summed E-state index contributed by atoms with van der Waals surface area (Å²) >= 11 is 0. The zero-order valence-electron chi connectivity index (χ0n) is 10.3. The first-order chi connectivity index (χ1) is 8.61. The van der Waals surface area contributed by atoms with Gasteiger partial charge in [-0.15, -0.1) is 0 Å². The number of carbonyl (C=O) groups is 1. The van der Waals surface area contributed by atoms with Crippen LogP contribution in [0.2, 0.25) is 0 Å². The fourth-order valence-electron chi connectivity index (χ4n) is 1.82. The van der Waals surface area contributed by atoms with Crippen LogP contribution >= 0.6 is 0 Å². The predicted octanol–water partition coefficient (Wildman–Crippen LogP) is 2.43. The van der Waals surface area contributed by atoms with Crippen molar-refractivity contribution in [3.05, 3.63) is 47.7 Å². The lowest BCUT2D eigenvalue weighted by molar-refractivity contribution is 0.0601. The van der Waals surface area contributed by atoms with Crippen LogP contribution in [0.4, 0.5) is 5.82 Å². The number of methoxy groups -OCH3 is 1. The SMILES string of the molecule is COC(=O)c1cccc(-c2ccc(N)nc2C)c1. The monoisotopic (exact) mass is 242 g/mol. The molecular weight excluding hydrogens is 228 g/mol. The first kappa shape index (κ1) is 12.1. The highest BCUT2D eigenvalue weighted by Crippen LogP contribution is 2.24. The van der Waals surface area contributed by atoms with Gasteiger partial charge in [-0.25, -0.2) is 9.78 Å². The van der Waals surface area contributed by atoms with E-state index in [1.54, 1.807) is 18.2 Å². The first-order valence-corrected chi connectivity index (χ1v) is 5.53. The van der Waals surface area contributed by atoms with Crippen LogP contribution in [0, 0.1) is 6.92 Å². The molecule has 18 heavy (non-hydrogen) atoms. The number of anilines is 1. The Morgan fingerprint density at radius 3 is 2.72 bits per heavy atom. The number of aryl methyl sites for hydroxylation is 1. The number of esters is 1. The zero-order chi connectivity index (χ0) is 13.1. The number of carbonyl (C=O) groups excluding carboxylic acids is 1. The lowest BCUT2D eigenvalue weighted by atomic mass is 10.0. The molecule has 4 nitrogen and oxygen atoms in total. The highest BCUT2D eigenvalue weighted by molar-refractivity contribution is 5.91. The van der Waals surface area contributed by atoms with Gasteiger partial charge in [0.25, 0.3) is 0 Å². The summed E-state index contributed by atoms with van der Waals surface area (Å²) in [5.41, 5.74) is 8.84. The maximum atomic E-state index is 11.5. The molecule has 0 aliphatic rings. The van der Waals surface area contributed by atoms with Crippen LogP contribution in [-0.4, -0.2) is 18.1 Å². The van der Waals surface area contributed by atoms with Crippen molar-refractivity contribution in [2.75, 3.05) is 12.8 Å². The van der Waals surface area contributed by atoms with Crippen LogP contribution in [0.1, 0.15) is 16.1 Å². The molecule has 0 saturated carbocycles. The minimum Gasteiger partial charge on any atom is -0.465 e. The minimum absolute atomic E-state index is 0.349. The fraction of sp³-hybridized carbons (Fsp3) is 0.143. The molecule has 2 aromatic rings. The second-order valence-electron chi connectivity index (χ2n) is 3.94. The van der Waals surface area contributed by atoms with Gasteiger partial charge in [-0.2, -0.15) is 0 Å². The highest BCUT2D eigenvalue weighted by atomic mass is 16.5. The Bertz CT molecular complexity index is 594. The predicted molar refractivity (Wildman–Crippen MR) is 70.2 cm³/mol. The van der Waals surface area contributed by atoms with Crippen molar-refractivity contribution in [1.29, 1.82) is 0 Å². The summed E-state index contributed by atoms with van der Waals surface area (Å²) in [5, 5.41) is 0. The van der Waals surface area contributed by atoms with Gasteiger partial charge in [-0.1, -0.05) is 12.1 Å². The van der Waals surface area contributed by atoms with Gasteiger partial charge in [0, 0.05) is 11.3 Å². The Labute approximate surface area is 105 Å². The van der Waals surface area contributed by atoms with Gasteiger partial charge >= 0.3 is 5.97 Å². The fourth-order valence-corrected chi connectivity index (χ4v) is 1.82. The molecule has 0 amide bonds. The number of ether oxygens (including phenoxy) is 1. The van der Waals surface area contributed by atoms with Gasteiger partial charge in [-0.3, -0.25) is 0 Å². The summed E-state index contributed by atoms with van der Waals surface area (Å²) in [5.74, 6) is 0.137. The van der Waals surface area contributed by atoms with Crippen molar-refractivity contribution in [2.24, 2.45) is 0 Å². The molecule has 0 spiro atoms. The van der Waals surface area contributed by atoms with Crippen molar-refractivity contribution < 1.29 is 9.53 Å². The summed E-state index contributed by atoms with van der Waals surface area (Å²) in [4.78, 5) is 15.7. The Morgan fingerprint density at radius 2 is 2.06 bits per heavy atom. The third-order valence-electron chi connectivity index (χ3n) is 2.70. The molecule has 0 aliphatic carbocycles. The Morgan fingerprint density at radius 1 is 1.28 bits per heavy atom. The van der Waals surface area contributed by atoms with Gasteiger partial charge in [0.05, 0.1) is 12.7 Å². The molecule has 0 fully saturated rings. The molecule has 1 aromatic carbocycles. The van der Waals surface area contributed by atoms with Gasteiger partial charge < -0.3 is 10.5 Å². The summed E-state index contributed by atoms with van der Waals surface area (Å²) in [6.07, 6.45) is 0. The lowest BCUT2D eigenvalue weighted by Gasteiger charge is -2.07. The van der Waals surface area contributed by atoms with Gasteiger partial charge in [0.15, 0.2) is 0 Å². The lowest BCUT2D eigenvalue weighted by Crippen LogP contribution is -2.01.